The number of nitrogens with zero attached hydrogens (tertiary/aromatic N) is 3. The first-order valence-corrected chi connectivity index (χ1v) is 12.1. The van der Waals surface area contributed by atoms with E-state index in [1.54, 1.807) is 11.8 Å². The van der Waals surface area contributed by atoms with E-state index in [1.807, 2.05) is 0 Å². The summed E-state index contributed by atoms with van der Waals surface area (Å²) in [6, 6.07) is 2.17. The maximum absolute atomic E-state index is 12.8. The van der Waals surface area contributed by atoms with Crippen molar-refractivity contribution >= 4 is 38.4 Å². The molecular weight excluding hydrogens is 416 g/mol. The first-order valence-electron chi connectivity index (χ1n) is 9.46. The van der Waals surface area contributed by atoms with Crippen molar-refractivity contribution in [1.82, 2.24) is 9.21 Å². The maximum atomic E-state index is 12.8. The monoisotopic (exact) mass is 440 g/mol. The Morgan fingerprint density at radius 2 is 2.14 bits per heavy atom. The number of rotatable bonds is 4. The molecule has 158 valence electrons. The van der Waals surface area contributed by atoms with Crippen LogP contribution >= 0.6 is 11.3 Å². The first-order chi connectivity index (χ1) is 13.7. The molecule has 2 aliphatic heterocycles. The topological polar surface area (TPSA) is 120 Å². The van der Waals surface area contributed by atoms with Gasteiger partial charge in [-0.3, -0.25) is 4.79 Å². The van der Waals surface area contributed by atoms with Crippen LogP contribution in [0, 0.1) is 17.2 Å². The predicted octanol–water partition coefficient (Wildman–Crippen LogP) is 1.74. The van der Waals surface area contributed by atoms with Crippen molar-refractivity contribution in [1.29, 1.82) is 5.26 Å². The molecule has 0 radical (unpaired) electrons. The second-order valence-electron chi connectivity index (χ2n) is 7.14. The highest BCUT2D eigenvalue weighted by atomic mass is 32.2. The lowest BCUT2D eigenvalue weighted by Crippen LogP contribution is -2.43. The van der Waals surface area contributed by atoms with Gasteiger partial charge in [0.25, 0.3) is 0 Å². The van der Waals surface area contributed by atoms with Crippen molar-refractivity contribution in [3.8, 4) is 6.07 Å². The van der Waals surface area contributed by atoms with Gasteiger partial charge in [0.15, 0.2) is 0 Å². The van der Waals surface area contributed by atoms with Crippen LogP contribution in [0.15, 0.2) is 0 Å². The molecule has 1 fully saturated rings. The zero-order valence-electron chi connectivity index (χ0n) is 16.4. The Bertz CT molecular complexity index is 950. The van der Waals surface area contributed by atoms with Gasteiger partial charge in [-0.1, -0.05) is 0 Å². The molecule has 1 atom stereocenters. The van der Waals surface area contributed by atoms with E-state index in [9.17, 15) is 23.3 Å². The molecule has 1 unspecified atom stereocenters. The van der Waals surface area contributed by atoms with Crippen LogP contribution < -0.4 is 5.32 Å². The third-order valence-electron chi connectivity index (χ3n) is 5.16. The minimum atomic E-state index is -3.35. The summed E-state index contributed by atoms with van der Waals surface area (Å²) in [7, 11) is -3.35. The molecular formula is C18H24N4O5S2. The number of nitriles is 1. The highest BCUT2D eigenvalue weighted by molar-refractivity contribution is 7.88. The number of hydrogen-bond acceptors (Lipinski definition) is 7. The average Bonchev–Trinajstić information content (AvgIpc) is 3.03. The summed E-state index contributed by atoms with van der Waals surface area (Å²) in [6.45, 7) is 3.40. The maximum Gasteiger partial charge on any atom is 0.410 e. The summed E-state index contributed by atoms with van der Waals surface area (Å²) in [5, 5.41) is 12.9. The minimum absolute atomic E-state index is 0.147. The number of amides is 2. The number of fused-ring (bicyclic) bond motifs is 1. The Morgan fingerprint density at radius 3 is 2.79 bits per heavy atom. The molecule has 29 heavy (non-hydrogen) atoms. The number of carbonyl (C=O) groups excluding carboxylic acids is 2. The number of ether oxygens (including phenoxy) is 1. The van der Waals surface area contributed by atoms with Gasteiger partial charge in [0, 0.05) is 24.5 Å². The van der Waals surface area contributed by atoms with E-state index >= 15 is 0 Å². The average molecular weight is 441 g/mol. The molecule has 2 aliphatic rings. The zero-order chi connectivity index (χ0) is 21.2. The Balaban J connectivity index is 1.74. The van der Waals surface area contributed by atoms with Crippen molar-refractivity contribution in [3.63, 3.8) is 0 Å². The number of thiophene rings is 1. The molecule has 0 spiro atoms. The van der Waals surface area contributed by atoms with Crippen molar-refractivity contribution < 1.29 is 22.7 Å². The van der Waals surface area contributed by atoms with Gasteiger partial charge in [-0.15, -0.1) is 11.3 Å². The summed E-state index contributed by atoms with van der Waals surface area (Å²) in [5.41, 5.74) is 1.28. The van der Waals surface area contributed by atoms with Crippen LogP contribution in [-0.4, -0.2) is 62.1 Å². The second kappa shape index (κ2) is 8.69. The molecule has 1 saturated heterocycles. The van der Waals surface area contributed by atoms with Crippen molar-refractivity contribution in [2.24, 2.45) is 5.92 Å². The Labute approximate surface area is 174 Å². The molecule has 0 bridgehead atoms. The van der Waals surface area contributed by atoms with E-state index in [4.69, 9.17) is 4.74 Å². The van der Waals surface area contributed by atoms with Crippen molar-refractivity contribution in [2.75, 3.05) is 37.8 Å². The molecule has 11 heteroatoms. The number of nitrogens with one attached hydrogen (secondary N) is 1. The first kappa shape index (κ1) is 21.5. The molecule has 1 aromatic rings. The molecule has 3 heterocycles. The second-order valence-corrected chi connectivity index (χ2v) is 10.2. The minimum Gasteiger partial charge on any atom is -0.450 e. The normalized spacial score (nSPS) is 19.9. The molecule has 0 aromatic carbocycles. The van der Waals surface area contributed by atoms with E-state index in [2.05, 4.69) is 11.4 Å². The molecule has 9 nitrogen and oxygen atoms in total. The third kappa shape index (κ3) is 4.71. The van der Waals surface area contributed by atoms with Gasteiger partial charge in [-0.25, -0.2) is 17.5 Å². The van der Waals surface area contributed by atoms with Gasteiger partial charge in [0.2, 0.25) is 15.9 Å². The van der Waals surface area contributed by atoms with Crippen LogP contribution in [-0.2, 0) is 32.5 Å². The summed E-state index contributed by atoms with van der Waals surface area (Å²) in [6.07, 6.45) is 2.49. The van der Waals surface area contributed by atoms with Gasteiger partial charge < -0.3 is 15.0 Å². The molecule has 1 aromatic heterocycles. The van der Waals surface area contributed by atoms with Crippen molar-refractivity contribution in [2.45, 2.75) is 32.7 Å². The smallest absolute Gasteiger partial charge is 0.410 e. The van der Waals surface area contributed by atoms with Crippen molar-refractivity contribution in [3.05, 3.63) is 16.0 Å². The Morgan fingerprint density at radius 1 is 1.38 bits per heavy atom. The Kier molecular flexibility index (Phi) is 6.45. The molecule has 2 amide bonds. The standard InChI is InChI=1S/C18H24N4O5S2/c1-3-27-18(24)21-8-6-13-14(9-19)17(28-15(13)11-21)20-16(23)12-5-4-7-22(10-12)29(2,25)26/h12H,3-8,10-11H2,1-2H3,(H,20,23). The quantitative estimate of drug-likeness (QED) is 0.762. The van der Waals surface area contributed by atoms with E-state index in [1.165, 1.54) is 15.6 Å². The summed E-state index contributed by atoms with van der Waals surface area (Å²) in [5.74, 6) is -0.740. The van der Waals surface area contributed by atoms with Crippen LogP contribution in [0.3, 0.4) is 0 Å². The van der Waals surface area contributed by atoms with Gasteiger partial charge >= 0.3 is 6.09 Å². The number of carbonyl (C=O) groups is 2. The van der Waals surface area contributed by atoms with E-state index < -0.39 is 22.0 Å². The van der Waals surface area contributed by atoms with Crippen LogP contribution in [0.1, 0.15) is 35.8 Å². The van der Waals surface area contributed by atoms with Gasteiger partial charge in [0.05, 0.1) is 30.9 Å². The van der Waals surface area contributed by atoms with Gasteiger partial charge in [-0.2, -0.15) is 5.26 Å². The van der Waals surface area contributed by atoms with E-state index in [0.29, 0.717) is 56.1 Å². The summed E-state index contributed by atoms with van der Waals surface area (Å²) in [4.78, 5) is 27.2. The number of piperidine rings is 1. The van der Waals surface area contributed by atoms with E-state index in [-0.39, 0.29) is 12.5 Å². The number of hydrogen-bond donors (Lipinski definition) is 1. The molecule has 1 N–H and O–H groups in total. The van der Waals surface area contributed by atoms with Gasteiger partial charge in [-0.05, 0) is 31.7 Å². The molecule has 3 rings (SSSR count). The van der Waals surface area contributed by atoms with Crippen LogP contribution in [0.2, 0.25) is 0 Å². The largest absolute Gasteiger partial charge is 0.450 e. The predicted molar refractivity (Wildman–Crippen MR) is 108 cm³/mol. The van der Waals surface area contributed by atoms with Crippen LogP contribution in [0.5, 0.6) is 0 Å². The molecule has 0 aliphatic carbocycles. The van der Waals surface area contributed by atoms with Gasteiger partial charge in [0.1, 0.15) is 11.1 Å². The zero-order valence-corrected chi connectivity index (χ0v) is 18.1. The third-order valence-corrected chi connectivity index (χ3v) is 7.56. The lowest BCUT2D eigenvalue weighted by atomic mass is 9.98. The highest BCUT2D eigenvalue weighted by Crippen LogP contribution is 2.37. The number of sulfonamides is 1. The SMILES string of the molecule is CCOC(=O)N1CCc2c(sc(NC(=O)C3CCCN(S(C)(=O)=O)C3)c2C#N)C1. The summed E-state index contributed by atoms with van der Waals surface area (Å²) < 4.78 is 29.9. The fourth-order valence-corrected chi connectivity index (χ4v) is 5.78. The molecule has 0 saturated carbocycles. The van der Waals surface area contributed by atoms with E-state index in [0.717, 1.165) is 16.7 Å². The van der Waals surface area contributed by atoms with Crippen LogP contribution in [0.4, 0.5) is 9.80 Å². The fraction of sp³-hybridized carbons (Fsp3) is 0.611. The summed E-state index contributed by atoms with van der Waals surface area (Å²) >= 11 is 1.29. The number of anilines is 1. The fourth-order valence-electron chi connectivity index (χ4n) is 3.65. The lowest BCUT2D eigenvalue weighted by molar-refractivity contribution is -0.120. The lowest BCUT2D eigenvalue weighted by Gasteiger charge is -2.29. The highest BCUT2D eigenvalue weighted by Gasteiger charge is 2.32. The Hall–Kier alpha value is -2.16. The van der Waals surface area contributed by atoms with Crippen LogP contribution in [0.25, 0.3) is 0 Å².